The zero-order valence-electron chi connectivity index (χ0n) is 10.6. The molecular weight excluding hydrogens is 314 g/mol. The molecule has 0 aliphatic rings. The summed E-state index contributed by atoms with van der Waals surface area (Å²) in [5, 5.41) is 8.66. The van der Waals surface area contributed by atoms with Crippen LogP contribution in [0.4, 0.5) is 10.3 Å². The summed E-state index contributed by atoms with van der Waals surface area (Å²) in [4.78, 5) is 0. The van der Waals surface area contributed by atoms with Crippen molar-refractivity contribution in [3.05, 3.63) is 58.3 Å². The normalized spacial score (nSPS) is 10.8. The lowest BCUT2D eigenvalue weighted by molar-refractivity contribution is 0.629. The Bertz CT molecular complexity index is 799. The molecule has 0 fully saturated rings. The molecule has 0 bridgehead atoms. The molecule has 7 heteroatoms. The lowest BCUT2D eigenvalue weighted by atomic mass is 10.2. The Morgan fingerprint density at radius 1 is 0.952 bits per heavy atom. The summed E-state index contributed by atoms with van der Waals surface area (Å²) in [5.41, 5.74) is 6.79. The van der Waals surface area contributed by atoms with Gasteiger partial charge >= 0.3 is 0 Å². The van der Waals surface area contributed by atoms with Crippen LogP contribution in [-0.4, -0.2) is 14.8 Å². The molecule has 0 spiro atoms. The van der Waals surface area contributed by atoms with Crippen molar-refractivity contribution in [2.45, 2.75) is 0 Å². The van der Waals surface area contributed by atoms with E-state index < -0.39 is 5.82 Å². The van der Waals surface area contributed by atoms with Gasteiger partial charge in [0.2, 0.25) is 5.95 Å². The summed E-state index contributed by atoms with van der Waals surface area (Å²) in [7, 11) is 0. The van der Waals surface area contributed by atoms with Crippen LogP contribution in [0.15, 0.2) is 42.5 Å². The number of aromatic nitrogens is 3. The van der Waals surface area contributed by atoms with Crippen LogP contribution < -0.4 is 5.73 Å². The van der Waals surface area contributed by atoms with Crippen molar-refractivity contribution in [1.29, 1.82) is 0 Å². The molecule has 2 N–H and O–H groups in total. The number of halogens is 3. The lowest BCUT2D eigenvalue weighted by Gasteiger charge is -2.09. The van der Waals surface area contributed by atoms with E-state index in [0.717, 1.165) is 0 Å². The van der Waals surface area contributed by atoms with Crippen LogP contribution >= 0.6 is 23.2 Å². The lowest BCUT2D eigenvalue weighted by Crippen LogP contribution is -2.03. The highest BCUT2D eigenvalue weighted by atomic mass is 35.5. The monoisotopic (exact) mass is 322 g/mol. The average molecular weight is 323 g/mol. The fourth-order valence-corrected chi connectivity index (χ4v) is 2.27. The molecule has 0 aliphatic carbocycles. The fourth-order valence-electron chi connectivity index (χ4n) is 1.99. The van der Waals surface area contributed by atoms with Gasteiger partial charge in [0.25, 0.3) is 0 Å². The summed E-state index contributed by atoms with van der Waals surface area (Å²) in [5.74, 6) is -0.0456. The van der Waals surface area contributed by atoms with Gasteiger partial charge in [0.1, 0.15) is 5.82 Å². The average Bonchev–Trinajstić information content (AvgIpc) is 2.82. The van der Waals surface area contributed by atoms with E-state index in [1.165, 1.54) is 12.1 Å². The Morgan fingerprint density at radius 2 is 1.62 bits per heavy atom. The maximum Gasteiger partial charge on any atom is 0.226 e. The number of nitrogens with two attached hydrogens (primary N) is 1. The van der Waals surface area contributed by atoms with E-state index in [2.05, 4.69) is 10.2 Å². The van der Waals surface area contributed by atoms with E-state index in [1.807, 2.05) is 0 Å². The molecular formula is C14H9Cl2FN4. The zero-order valence-corrected chi connectivity index (χ0v) is 12.1. The first-order valence-corrected chi connectivity index (χ1v) is 6.74. The number of rotatable bonds is 2. The first-order chi connectivity index (χ1) is 10.1. The van der Waals surface area contributed by atoms with Crippen LogP contribution in [0.2, 0.25) is 10.0 Å². The third-order valence-electron chi connectivity index (χ3n) is 2.94. The minimum atomic E-state index is -0.495. The highest BCUT2D eigenvalue weighted by Crippen LogP contribution is 2.28. The van der Waals surface area contributed by atoms with E-state index in [9.17, 15) is 4.39 Å². The van der Waals surface area contributed by atoms with Crippen molar-refractivity contribution in [1.82, 2.24) is 14.8 Å². The standard InChI is InChI=1S/C14H9Cl2FN4/c15-8-1-4-10(5-2-8)21-13(19-20-14(21)18)11-6-3-9(16)7-12(11)17/h1-7H,(H2,18,20). The molecule has 0 atom stereocenters. The van der Waals surface area contributed by atoms with E-state index in [4.69, 9.17) is 28.9 Å². The van der Waals surface area contributed by atoms with Gasteiger partial charge in [0.05, 0.1) is 11.3 Å². The molecule has 3 aromatic rings. The van der Waals surface area contributed by atoms with Crippen molar-refractivity contribution in [3.63, 3.8) is 0 Å². The van der Waals surface area contributed by atoms with Gasteiger partial charge in [-0.05, 0) is 42.5 Å². The van der Waals surface area contributed by atoms with Gasteiger partial charge in [0, 0.05) is 10.0 Å². The largest absolute Gasteiger partial charge is 0.368 e. The van der Waals surface area contributed by atoms with Crippen LogP contribution in [0.5, 0.6) is 0 Å². The number of nitrogens with zero attached hydrogens (tertiary/aromatic N) is 3. The van der Waals surface area contributed by atoms with Crippen LogP contribution in [0.25, 0.3) is 17.1 Å². The summed E-state index contributed by atoms with van der Waals surface area (Å²) >= 11 is 11.6. The van der Waals surface area contributed by atoms with Gasteiger partial charge in [-0.15, -0.1) is 10.2 Å². The maximum absolute atomic E-state index is 14.1. The highest BCUT2D eigenvalue weighted by Gasteiger charge is 2.17. The highest BCUT2D eigenvalue weighted by molar-refractivity contribution is 6.30. The van der Waals surface area contributed by atoms with Crippen molar-refractivity contribution >= 4 is 29.2 Å². The second-order valence-electron chi connectivity index (χ2n) is 4.32. The second kappa shape index (κ2) is 5.35. The van der Waals surface area contributed by atoms with Crippen LogP contribution in [0.3, 0.4) is 0 Å². The molecule has 0 saturated carbocycles. The Balaban J connectivity index is 2.19. The summed E-state index contributed by atoms with van der Waals surface area (Å²) < 4.78 is 15.6. The molecule has 0 aliphatic heterocycles. The van der Waals surface area contributed by atoms with Crippen molar-refractivity contribution < 1.29 is 4.39 Å². The Labute approximate surface area is 129 Å². The van der Waals surface area contributed by atoms with Gasteiger partial charge in [-0.1, -0.05) is 23.2 Å². The molecule has 0 radical (unpaired) electrons. The molecule has 1 aromatic heterocycles. The van der Waals surface area contributed by atoms with Gasteiger partial charge in [-0.3, -0.25) is 4.57 Å². The number of benzene rings is 2. The minimum absolute atomic E-state index is 0.154. The molecule has 3 rings (SSSR count). The summed E-state index contributed by atoms with van der Waals surface area (Å²) in [6.45, 7) is 0. The fraction of sp³-hybridized carbons (Fsp3) is 0. The third-order valence-corrected chi connectivity index (χ3v) is 3.43. The number of anilines is 1. The topological polar surface area (TPSA) is 56.7 Å². The number of hydrogen-bond donors (Lipinski definition) is 1. The minimum Gasteiger partial charge on any atom is -0.368 e. The third kappa shape index (κ3) is 2.57. The smallest absolute Gasteiger partial charge is 0.226 e. The molecule has 106 valence electrons. The number of nitrogen functional groups attached to an aromatic ring is 1. The Morgan fingerprint density at radius 3 is 2.29 bits per heavy atom. The maximum atomic E-state index is 14.1. The molecule has 21 heavy (non-hydrogen) atoms. The zero-order chi connectivity index (χ0) is 15.0. The molecule has 0 amide bonds. The molecule has 0 unspecified atom stereocenters. The van der Waals surface area contributed by atoms with Crippen LogP contribution in [0.1, 0.15) is 0 Å². The van der Waals surface area contributed by atoms with E-state index in [1.54, 1.807) is 34.9 Å². The Hall–Kier alpha value is -2.11. The number of hydrogen-bond acceptors (Lipinski definition) is 3. The van der Waals surface area contributed by atoms with Gasteiger partial charge in [0.15, 0.2) is 5.82 Å². The van der Waals surface area contributed by atoms with E-state index in [-0.39, 0.29) is 11.5 Å². The SMILES string of the molecule is Nc1nnc(-c2ccc(Cl)cc2F)n1-c1ccc(Cl)cc1. The predicted octanol–water partition coefficient (Wildman–Crippen LogP) is 3.96. The van der Waals surface area contributed by atoms with Crippen molar-refractivity contribution in [3.8, 4) is 17.1 Å². The van der Waals surface area contributed by atoms with Gasteiger partial charge in [-0.25, -0.2) is 4.39 Å². The summed E-state index contributed by atoms with van der Waals surface area (Å²) in [6, 6.07) is 11.2. The van der Waals surface area contributed by atoms with E-state index >= 15 is 0 Å². The predicted molar refractivity (Wildman–Crippen MR) is 81.2 cm³/mol. The summed E-state index contributed by atoms with van der Waals surface area (Å²) in [6.07, 6.45) is 0. The Kier molecular flexibility index (Phi) is 3.53. The van der Waals surface area contributed by atoms with Crippen molar-refractivity contribution in [2.75, 3.05) is 5.73 Å². The van der Waals surface area contributed by atoms with Gasteiger partial charge < -0.3 is 5.73 Å². The van der Waals surface area contributed by atoms with Crippen LogP contribution in [-0.2, 0) is 0 Å². The molecule has 2 aromatic carbocycles. The second-order valence-corrected chi connectivity index (χ2v) is 5.19. The molecule has 4 nitrogen and oxygen atoms in total. The molecule has 1 heterocycles. The van der Waals surface area contributed by atoms with Gasteiger partial charge in [-0.2, -0.15) is 0 Å². The quantitative estimate of drug-likeness (QED) is 0.776. The van der Waals surface area contributed by atoms with Crippen molar-refractivity contribution in [2.24, 2.45) is 0 Å². The first-order valence-electron chi connectivity index (χ1n) is 5.98. The van der Waals surface area contributed by atoms with E-state index in [0.29, 0.717) is 21.6 Å². The van der Waals surface area contributed by atoms with Crippen LogP contribution in [0, 0.1) is 5.82 Å². The molecule has 0 saturated heterocycles. The first kappa shape index (κ1) is 13.9.